The maximum Gasteiger partial charge on any atom is 0.238 e. The number of hydrogen-bond donors (Lipinski definition) is 1. The average Bonchev–Trinajstić information content (AvgIpc) is 3.19. The Balaban J connectivity index is 1.50. The van der Waals surface area contributed by atoms with E-state index in [1.165, 1.54) is 11.0 Å². The number of ketones is 2. The van der Waals surface area contributed by atoms with E-state index in [2.05, 4.69) is 0 Å². The molecule has 0 radical (unpaired) electrons. The molecule has 0 saturated carbocycles. The van der Waals surface area contributed by atoms with Crippen molar-refractivity contribution in [1.29, 1.82) is 0 Å². The Kier molecular flexibility index (Phi) is 5.95. The molecule has 7 nitrogen and oxygen atoms in total. The zero-order valence-electron chi connectivity index (χ0n) is 20.9. The number of carbonyl (C=O) groups excluding carboxylic acids is 4. The first-order valence-electron chi connectivity index (χ1n) is 12.9. The summed E-state index contributed by atoms with van der Waals surface area (Å²) in [7, 11) is 0. The lowest BCUT2D eigenvalue weighted by Gasteiger charge is -2.42. The Labute approximate surface area is 220 Å². The maximum atomic E-state index is 13.9. The van der Waals surface area contributed by atoms with Gasteiger partial charge in [-0.25, -0.2) is 0 Å². The van der Waals surface area contributed by atoms with Crippen LogP contribution in [-0.2, 0) is 19.2 Å². The lowest BCUT2D eigenvalue weighted by molar-refractivity contribution is -0.123. The summed E-state index contributed by atoms with van der Waals surface area (Å²) < 4.78 is 5.84. The second-order valence-electron chi connectivity index (χ2n) is 10.2. The van der Waals surface area contributed by atoms with Crippen molar-refractivity contribution in [3.8, 4) is 5.75 Å². The van der Waals surface area contributed by atoms with Gasteiger partial charge in [0.1, 0.15) is 12.4 Å². The molecule has 192 valence electrons. The maximum absolute atomic E-state index is 13.9. The van der Waals surface area contributed by atoms with Crippen molar-refractivity contribution in [1.82, 2.24) is 0 Å². The van der Waals surface area contributed by atoms with Gasteiger partial charge in [0, 0.05) is 28.2 Å². The van der Waals surface area contributed by atoms with Gasteiger partial charge in [0.2, 0.25) is 11.8 Å². The highest BCUT2D eigenvalue weighted by Crippen LogP contribution is 2.56. The van der Waals surface area contributed by atoms with Crippen molar-refractivity contribution < 1.29 is 29.0 Å². The summed E-state index contributed by atoms with van der Waals surface area (Å²) in [6.07, 6.45) is 3.99. The minimum Gasteiger partial charge on any atom is -0.491 e. The first kappa shape index (κ1) is 24.2. The summed E-state index contributed by atoms with van der Waals surface area (Å²) in [5, 5.41) is 9.36. The molecular formula is C31H27NO6. The van der Waals surface area contributed by atoms with Crippen LogP contribution in [0.3, 0.4) is 0 Å². The summed E-state index contributed by atoms with van der Waals surface area (Å²) in [5.41, 5.74) is 3.31. The number of fused-ring (bicyclic) bond motifs is 3. The number of para-hydroxylation sites is 2. The lowest BCUT2D eigenvalue weighted by Crippen LogP contribution is -2.40. The Morgan fingerprint density at radius 1 is 0.947 bits per heavy atom. The Morgan fingerprint density at radius 3 is 2.45 bits per heavy atom. The van der Waals surface area contributed by atoms with Crippen molar-refractivity contribution in [3.05, 3.63) is 94.6 Å². The fourth-order valence-electron chi connectivity index (χ4n) is 6.58. The zero-order valence-corrected chi connectivity index (χ0v) is 20.9. The third-order valence-corrected chi connectivity index (χ3v) is 8.16. The molecule has 2 aromatic rings. The number of amides is 2. The molecule has 1 saturated heterocycles. The van der Waals surface area contributed by atoms with Gasteiger partial charge in [0.15, 0.2) is 11.6 Å². The van der Waals surface area contributed by atoms with Crippen LogP contribution in [0.2, 0.25) is 0 Å². The average molecular weight is 510 g/mol. The van der Waals surface area contributed by atoms with Gasteiger partial charge in [-0.15, -0.1) is 0 Å². The highest BCUT2D eigenvalue weighted by Gasteiger charge is 2.56. The number of benzene rings is 2. The van der Waals surface area contributed by atoms with E-state index in [4.69, 9.17) is 4.74 Å². The summed E-state index contributed by atoms with van der Waals surface area (Å²) in [4.78, 5) is 55.5. The van der Waals surface area contributed by atoms with Gasteiger partial charge in [-0.3, -0.25) is 24.1 Å². The molecule has 0 aromatic heterocycles. The number of allylic oxidation sites excluding steroid dienone is 6. The summed E-state index contributed by atoms with van der Waals surface area (Å²) in [6, 6.07) is 16.2. The van der Waals surface area contributed by atoms with Crippen molar-refractivity contribution >= 4 is 29.1 Å². The molecule has 0 spiro atoms. The van der Waals surface area contributed by atoms with Crippen molar-refractivity contribution in [2.24, 2.45) is 17.8 Å². The summed E-state index contributed by atoms with van der Waals surface area (Å²) in [5.74, 6) is -2.55. The molecule has 1 N–H and O–H groups in total. The number of nitrogens with zero attached hydrogens (tertiary/aromatic N) is 1. The van der Waals surface area contributed by atoms with Crippen molar-refractivity contribution in [2.45, 2.75) is 25.7 Å². The zero-order chi connectivity index (χ0) is 26.6. The highest BCUT2D eigenvalue weighted by molar-refractivity contribution is 6.25. The second-order valence-corrected chi connectivity index (χ2v) is 10.2. The van der Waals surface area contributed by atoms with E-state index in [1.807, 2.05) is 30.3 Å². The standard InChI is InChI=1S/C31H27NO6/c1-17-15-24(34)28-23(29(17)35)16-22-19(26(28)20-9-5-6-10-25(20)38-14-13-33)11-12-21-27(22)31(37)32(30(21)36)18-7-3-2-4-8-18/h2-11,15,21-22,26-27,33H,12-14,16H2,1H3/t21-,22+,26+,27-/m0/s1. The fraction of sp³-hybridized carbons (Fsp3) is 0.290. The van der Waals surface area contributed by atoms with Crippen molar-refractivity contribution in [2.75, 3.05) is 18.1 Å². The van der Waals surface area contributed by atoms with E-state index in [0.29, 0.717) is 40.1 Å². The number of rotatable bonds is 5. The third-order valence-electron chi connectivity index (χ3n) is 8.16. The predicted molar refractivity (Wildman–Crippen MR) is 139 cm³/mol. The summed E-state index contributed by atoms with van der Waals surface area (Å²) in [6.45, 7) is 1.54. The molecule has 2 aromatic carbocycles. The van der Waals surface area contributed by atoms with Crippen LogP contribution in [0, 0.1) is 17.8 Å². The van der Waals surface area contributed by atoms with E-state index in [-0.39, 0.29) is 43.0 Å². The van der Waals surface area contributed by atoms with Gasteiger partial charge in [0.25, 0.3) is 0 Å². The highest BCUT2D eigenvalue weighted by atomic mass is 16.5. The van der Waals surface area contributed by atoms with E-state index >= 15 is 0 Å². The predicted octanol–water partition coefficient (Wildman–Crippen LogP) is 3.69. The number of ether oxygens (including phenoxy) is 1. The molecule has 4 aliphatic rings. The molecule has 1 aliphatic heterocycles. The van der Waals surface area contributed by atoms with Crippen LogP contribution in [-0.4, -0.2) is 41.7 Å². The van der Waals surface area contributed by atoms with Crippen LogP contribution in [0.15, 0.2) is 89.0 Å². The molecule has 3 aliphatic carbocycles. The number of aliphatic hydroxyl groups is 1. The Bertz CT molecular complexity index is 1470. The number of anilines is 1. The first-order chi connectivity index (χ1) is 18.4. The quantitative estimate of drug-likeness (QED) is 0.375. The Hall–Kier alpha value is -4.10. The van der Waals surface area contributed by atoms with Crippen LogP contribution >= 0.6 is 0 Å². The molecule has 4 atom stereocenters. The van der Waals surface area contributed by atoms with Gasteiger partial charge in [0.05, 0.1) is 24.1 Å². The van der Waals surface area contributed by atoms with Crippen LogP contribution in [0.5, 0.6) is 5.75 Å². The molecule has 1 fully saturated rings. The van der Waals surface area contributed by atoms with Gasteiger partial charge >= 0.3 is 0 Å². The lowest BCUT2D eigenvalue weighted by atomic mass is 9.59. The second kappa shape index (κ2) is 9.33. The molecular weight excluding hydrogens is 482 g/mol. The van der Waals surface area contributed by atoms with Crippen LogP contribution in [0.4, 0.5) is 5.69 Å². The van der Waals surface area contributed by atoms with Gasteiger partial charge in [-0.05, 0) is 50.0 Å². The first-order valence-corrected chi connectivity index (χ1v) is 12.9. The molecule has 0 bridgehead atoms. The number of carbonyl (C=O) groups is 4. The minimum atomic E-state index is -0.626. The normalized spacial score (nSPS) is 26.5. The molecule has 6 rings (SSSR count). The van der Waals surface area contributed by atoms with E-state index in [9.17, 15) is 24.3 Å². The molecule has 1 heterocycles. The van der Waals surface area contributed by atoms with Crippen LogP contribution in [0.1, 0.15) is 31.2 Å². The van der Waals surface area contributed by atoms with Gasteiger partial charge in [-0.1, -0.05) is 48.0 Å². The number of imide groups is 1. The number of aliphatic hydroxyl groups excluding tert-OH is 1. The fourth-order valence-corrected chi connectivity index (χ4v) is 6.58. The monoisotopic (exact) mass is 509 g/mol. The molecule has 38 heavy (non-hydrogen) atoms. The van der Waals surface area contributed by atoms with Crippen LogP contribution < -0.4 is 9.64 Å². The SMILES string of the molecule is CC1=CC(=O)C2=C(C[C@@H]3C(=CC[C@@H]4C(=O)N(c5ccccc5)C(=O)[C@@H]43)[C@@H]2c2ccccc2OCCO)C1=O. The molecule has 2 amide bonds. The molecule has 7 heteroatoms. The topological polar surface area (TPSA) is 101 Å². The largest absolute Gasteiger partial charge is 0.491 e. The number of Topliss-reactive ketones (excluding diaryl/α,β-unsaturated/α-hetero) is 1. The summed E-state index contributed by atoms with van der Waals surface area (Å²) >= 11 is 0. The molecule has 0 unspecified atom stereocenters. The minimum absolute atomic E-state index is 0.0771. The van der Waals surface area contributed by atoms with Gasteiger partial charge < -0.3 is 9.84 Å². The van der Waals surface area contributed by atoms with Gasteiger partial charge in [-0.2, -0.15) is 0 Å². The van der Waals surface area contributed by atoms with Crippen LogP contribution in [0.25, 0.3) is 0 Å². The van der Waals surface area contributed by atoms with E-state index < -0.39 is 23.7 Å². The van der Waals surface area contributed by atoms with Crippen molar-refractivity contribution in [3.63, 3.8) is 0 Å². The third kappa shape index (κ3) is 3.61. The van der Waals surface area contributed by atoms with E-state index in [0.717, 1.165) is 5.57 Å². The van der Waals surface area contributed by atoms with E-state index in [1.54, 1.807) is 37.3 Å². The smallest absolute Gasteiger partial charge is 0.238 e. The number of hydrogen-bond acceptors (Lipinski definition) is 6. The Morgan fingerprint density at radius 2 is 1.68 bits per heavy atom.